The average Bonchev–Trinajstić information content (AvgIpc) is 3.71. The van der Waals surface area contributed by atoms with E-state index in [4.69, 9.17) is 4.74 Å². The number of carbonyl (C=O) groups excluding carboxylic acids is 3. The van der Waals surface area contributed by atoms with Crippen LogP contribution < -0.4 is 10.1 Å². The van der Waals surface area contributed by atoms with E-state index >= 15 is 0 Å². The molecule has 208 valence electrons. The van der Waals surface area contributed by atoms with Crippen LogP contribution in [0.5, 0.6) is 5.75 Å². The van der Waals surface area contributed by atoms with Gasteiger partial charge in [0.15, 0.2) is 0 Å². The van der Waals surface area contributed by atoms with Crippen molar-refractivity contribution in [2.75, 3.05) is 20.2 Å². The summed E-state index contributed by atoms with van der Waals surface area (Å²) in [7, 11) is 1.60. The van der Waals surface area contributed by atoms with Crippen molar-refractivity contribution in [2.45, 2.75) is 45.3 Å². The number of nitrogens with zero attached hydrogens (tertiary/aromatic N) is 2. The molecule has 2 saturated heterocycles. The van der Waals surface area contributed by atoms with Gasteiger partial charge in [-0.1, -0.05) is 32.9 Å². The number of piperazine rings is 1. The number of fused-ring (bicyclic) bond motifs is 4. The van der Waals surface area contributed by atoms with Gasteiger partial charge in [-0.2, -0.15) is 0 Å². The zero-order valence-electron chi connectivity index (χ0n) is 22.9. The van der Waals surface area contributed by atoms with Gasteiger partial charge in [0.2, 0.25) is 5.91 Å². The molecule has 0 saturated carbocycles. The van der Waals surface area contributed by atoms with E-state index < -0.39 is 23.2 Å². The molecule has 6 rings (SSSR count). The number of benzene rings is 2. The molecule has 0 spiro atoms. The molecule has 0 aliphatic carbocycles. The van der Waals surface area contributed by atoms with Crippen LogP contribution in [-0.2, 0) is 4.79 Å². The lowest BCUT2D eigenvalue weighted by atomic mass is 9.85. The Balaban J connectivity index is 1.16. The van der Waals surface area contributed by atoms with Crippen molar-refractivity contribution in [3.63, 3.8) is 0 Å². The molecule has 9 nitrogen and oxygen atoms in total. The molecule has 40 heavy (non-hydrogen) atoms. The first kappa shape index (κ1) is 25.9. The Kier molecular flexibility index (Phi) is 6.08. The first-order chi connectivity index (χ1) is 19.0. The third kappa shape index (κ3) is 4.37. The van der Waals surface area contributed by atoms with Gasteiger partial charge in [-0.15, -0.1) is 0 Å². The number of methoxy groups -OCH3 is 1. The number of hydrogen-bond acceptors (Lipinski definition) is 4. The number of nitrogens with one attached hydrogen (secondary N) is 3. The van der Waals surface area contributed by atoms with Gasteiger partial charge in [0, 0.05) is 35.4 Å². The quantitative estimate of drug-likeness (QED) is 0.351. The minimum atomic E-state index is -0.802. The van der Waals surface area contributed by atoms with Crippen LogP contribution in [0, 0.1) is 11.2 Å². The lowest BCUT2D eigenvalue weighted by molar-refractivity contribution is -0.138. The number of hydrogen-bond donors (Lipinski definition) is 3. The highest BCUT2D eigenvalue weighted by Gasteiger charge is 2.50. The first-order valence-electron chi connectivity index (χ1n) is 13.4. The Morgan fingerprint density at radius 3 is 2.38 bits per heavy atom. The molecule has 2 fully saturated rings. The van der Waals surface area contributed by atoms with Crippen LogP contribution >= 0.6 is 0 Å². The Labute approximate surface area is 230 Å². The van der Waals surface area contributed by atoms with Gasteiger partial charge in [0.25, 0.3) is 11.8 Å². The molecule has 3 N–H and O–H groups in total. The van der Waals surface area contributed by atoms with Gasteiger partial charge in [-0.05, 0) is 42.2 Å². The van der Waals surface area contributed by atoms with E-state index in [1.54, 1.807) is 30.2 Å². The van der Waals surface area contributed by atoms with Crippen molar-refractivity contribution in [1.29, 1.82) is 0 Å². The van der Waals surface area contributed by atoms with E-state index in [-0.39, 0.29) is 35.1 Å². The van der Waals surface area contributed by atoms with Gasteiger partial charge < -0.3 is 29.8 Å². The van der Waals surface area contributed by atoms with E-state index in [0.29, 0.717) is 36.3 Å². The zero-order chi connectivity index (χ0) is 28.3. The highest BCUT2D eigenvalue weighted by molar-refractivity contribution is 6.01. The molecular formula is C30H32FN5O4. The fourth-order valence-corrected chi connectivity index (χ4v) is 5.95. The van der Waals surface area contributed by atoms with Gasteiger partial charge in [-0.25, -0.2) is 4.39 Å². The number of aromatic nitrogens is 2. The van der Waals surface area contributed by atoms with Crippen LogP contribution in [-0.4, -0.2) is 75.8 Å². The molecule has 0 unspecified atom stereocenters. The number of carbonyl (C=O) groups is 3. The van der Waals surface area contributed by atoms with Gasteiger partial charge in [0.1, 0.15) is 29.0 Å². The molecular weight excluding hydrogens is 513 g/mol. The summed E-state index contributed by atoms with van der Waals surface area (Å²) in [5, 5.41) is 4.40. The second-order valence-electron chi connectivity index (χ2n) is 11.8. The lowest BCUT2D eigenvalue weighted by Crippen LogP contribution is -2.59. The molecule has 2 aromatic heterocycles. The maximum atomic E-state index is 14.2. The normalized spacial score (nSPS) is 19.4. The summed E-state index contributed by atoms with van der Waals surface area (Å²) in [5.41, 5.74) is 1.20. The highest BCUT2D eigenvalue weighted by atomic mass is 19.1. The van der Waals surface area contributed by atoms with Crippen molar-refractivity contribution < 1.29 is 23.5 Å². The zero-order valence-corrected chi connectivity index (χ0v) is 22.9. The summed E-state index contributed by atoms with van der Waals surface area (Å²) in [6, 6.07) is 12.6. The number of amides is 3. The predicted molar refractivity (Wildman–Crippen MR) is 149 cm³/mol. The van der Waals surface area contributed by atoms with Crippen molar-refractivity contribution in [1.82, 2.24) is 25.1 Å². The largest absolute Gasteiger partial charge is 0.497 e. The van der Waals surface area contributed by atoms with E-state index in [1.807, 2.05) is 49.9 Å². The van der Waals surface area contributed by atoms with Crippen LogP contribution in [0.1, 0.15) is 48.2 Å². The summed E-state index contributed by atoms with van der Waals surface area (Å²) in [4.78, 5) is 50.1. The number of rotatable bonds is 5. The predicted octanol–water partition coefficient (Wildman–Crippen LogP) is 4.07. The SMILES string of the molecule is COc1ccc2cc(C(=O)N3C[C@@H]4C[C@H]3CN4C(=O)[C@@H](NC(=O)c3cc4cccc(F)c4[nH]3)C(C)(C)C)[nH]c2c1. The minimum absolute atomic E-state index is 0.0958. The summed E-state index contributed by atoms with van der Waals surface area (Å²) in [5.74, 6) is -0.485. The maximum Gasteiger partial charge on any atom is 0.270 e. The molecule has 2 aromatic carbocycles. The van der Waals surface area contributed by atoms with Crippen LogP contribution in [0.4, 0.5) is 4.39 Å². The Morgan fingerprint density at radius 1 is 0.975 bits per heavy atom. The van der Waals surface area contributed by atoms with E-state index in [2.05, 4.69) is 15.3 Å². The Bertz CT molecular complexity index is 1650. The topological polar surface area (TPSA) is 111 Å². The van der Waals surface area contributed by atoms with Crippen LogP contribution in [0.2, 0.25) is 0 Å². The second kappa shape index (κ2) is 9.39. The maximum absolute atomic E-state index is 14.2. The molecule has 2 bridgehead atoms. The van der Waals surface area contributed by atoms with Crippen LogP contribution in [0.15, 0.2) is 48.5 Å². The fourth-order valence-electron chi connectivity index (χ4n) is 5.95. The standard InChI is InChI=1S/C30H32FN5O4/c1-30(2,3)26(34-27(37)23-11-17-6-5-7-21(31)25(17)33-23)29(39)36-15-18-12-19(36)14-35(18)28(38)24-10-16-8-9-20(40-4)13-22(16)32-24/h5-11,13,18-19,26,32-33H,12,14-15H2,1-4H3,(H,34,37)/t18-,19-,26+/m0/s1. The first-order valence-corrected chi connectivity index (χ1v) is 13.4. The molecule has 2 aliphatic rings. The summed E-state index contributed by atoms with van der Waals surface area (Å²) >= 11 is 0. The van der Waals surface area contributed by atoms with E-state index in [1.165, 1.54) is 6.07 Å². The lowest BCUT2D eigenvalue weighted by Gasteiger charge is -2.39. The number of halogens is 1. The van der Waals surface area contributed by atoms with Crippen molar-refractivity contribution in [3.8, 4) is 5.75 Å². The van der Waals surface area contributed by atoms with Gasteiger partial charge >= 0.3 is 0 Å². The summed E-state index contributed by atoms with van der Waals surface area (Å²) < 4.78 is 19.4. The van der Waals surface area contributed by atoms with E-state index in [0.717, 1.165) is 10.9 Å². The molecule has 3 atom stereocenters. The number of aromatic amines is 2. The average molecular weight is 546 g/mol. The second-order valence-corrected chi connectivity index (χ2v) is 11.8. The minimum Gasteiger partial charge on any atom is -0.497 e. The monoisotopic (exact) mass is 545 g/mol. The van der Waals surface area contributed by atoms with Crippen LogP contribution in [0.3, 0.4) is 0 Å². The molecule has 4 heterocycles. The fraction of sp³-hybridized carbons (Fsp3) is 0.367. The Morgan fingerprint density at radius 2 is 1.70 bits per heavy atom. The highest BCUT2D eigenvalue weighted by Crippen LogP contribution is 2.35. The number of H-pyrrole nitrogens is 2. The van der Waals surface area contributed by atoms with Crippen LogP contribution in [0.25, 0.3) is 21.8 Å². The molecule has 0 radical (unpaired) electrons. The molecule has 4 aromatic rings. The van der Waals surface area contributed by atoms with Crippen molar-refractivity contribution in [3.05, 3.63) is 65.7 Å². The Hall–Kier alpha value is -4.34. The van der Waals surface area contributed by atoms with Gasteiger partial charge in [0.05, 0.1) is 24.7 Å². The number of likely N-dealkylation sites (tertiary alicyclic amines) is 2. The molecule has 10 heteroatoms. The number of ether oxygens (including phenoxy) is 1. The number of para-hydroxylation sites is 1. The summed E-state index contributed by atoms with van der Waals surface area (Å²) in [6.45, 7) is 6.53. The van der Waals surface area contributed by atoms with Crippen molar-refractivity contribution >= 4 is 39.5 Å². The third-order valence-corrected chi connectivity index (χ3v) is 8.08. The van der Waals surface area contributed by atoms with E-state index in [9.17, 15) is 18.8 Å². The molecule has 2 aliphatic heterocycles. The molecule has 3 amide bonds. The smallest absolute Gasteiger partial charge is 0.270 e. The van der Waals surface area contributed by atoms with Gasteiger partial charge in [-0.3, -0.25) is 14.4 Å². The van der Waals surface area contributed by atoms with Crippen molar-refractivity contribution in [2.24, 2.45) is 5.41 Å². The third-order valence-electron chi connectivity index (χ3n) is 8.08. The summed E-state index contributed by atoms with van der Waals surface area (Å²) in [6.07, 6.45) is 0.692.